The normalized spacial score (nSPS) is 12.1. The highest BCUT2D eigenvalue weighted by molar-refractivity contribution is 7.92. The van der Waals surface area contributed by atoms with Gasteiger partial charge in [-0.3, -0.25) is 9.52 Å². The summed E-state index contributed by atoms with van der Waals surface area (Å²) in [7, 11) is -2.25. The van der Waals surface area contributed by atoms with Crippen molar-refractivity contribution in [1.29, 1.82) is 0 Å². The van der Waals surface area contributed by atoms with Crippen LogP contribution in [0.25, 0.3) is 0 Å². The monoisotopic (exact) mass is 438 g/mol. The summed E-state index contributed by atoms with van der Waals surface area (Å²) in [5.41, 5.74) is 3.16. The standard InChI is InChI=1S/C24H26N2O4S/c1-16-6-5-7-21(14-16)26-31(28,29)23-15-20(9-8-17(23)2)24(27)25-18(3)19-10-12-22(30-4)13-11-19/h5-15,18,26H,1-4H3,(H,25,27). The molecule has 0 saturated carbocycles. The van der Waals surface area contributed by atoms with Crippen LogP contribution in [-0.2, 0) is 10.0 Å². The molecule has 1 amide bonds. The van der Waals surface area contributed by atoms with Crippen LogP contribution in [0.1, 0.15) is 40.0 Å². The van der Waals surface area contributed by atoms with E-state index in [2.05, 4.69) is 10.0 Å². The number of sulfonamides is 1. The Labute approximate surface area is 183 Å². The van der Waals surface area contributed by atoms with Crippen molar-refractivity contribution >= 4 is 21.6 Å². The molecule has 1 unspecified atom stereocenters. The van der Waals surface area contributed by atoms with Crippen molar-refractivity contribution in [3.8, 4) is 5.75 Å². The first-order valence-corrected chi connectivity index (χ1v) is 11.3. The number of hydrogen-bond acceptors (Lipinski definition) is 4. The molecule has 0 heterocycles. The fraction of sp³-hybridized carbons (Fsp3) is 0.208. The average molecular weight is 439 g/mol. The molecule has 0 radical (unpaired) electrons. The number of ether oxygens (including phenoxy) is 1. The SMILES string of the molecule is COc1ccc(C(C)NC(=O)c2ccc(C)c(S(=O)(=O)Nc3cccc(C)c3)c2)cc1. The summed E-state index contributed by atoms with van der Waals surface area (Å²) < 4.78 is 33.7. The second-order valence-corrected chi connectivity index (χ2v) is 9.07. The maximum absolute atomic E-state index is 13.0. The quantitative estimate of drug-likeness (QED) is 0.564. The average Bonchev–Trinajstić information content (AvgIpc) is 2.73. The maximum atomic E-state index is 13.0. The molecule has 0 aliphatic rings. The van der Waals surface area contributed by atoms with E-state index in [-0.39, 0.29) is 22.4 Å². The molecule has 1 atom stereocenters. The molecule has 0 aliphatic carbocycles. The van der Waals surface area contributed by atoms with Gasteiger partial charge in [-0.05, 0) is 73.9 Å². The molecular weight excluding hydrogens is 412 g/mol. The van der Waals surface area contributed by atoms with Crippen LogP contribution in [0.4, 0.5) is 5.69 Å². The lowest BCUT2D eigenvalue weighted by molar-refractivity contribution is 0.0939. The number of methoxy groups -OCH3 is 1. The number of anilines is 1. The van der Waals surface area contributed by atoms with Gasteiger partial charge in [0.1, 0.15) is 5.75 Å². The summed E-state index contributed by atoms with van der Waals surface area (Å²) in [4.78, 5) is 12.9. The third-order valence-electron chi connectivity index (χ3n) is 4.97. The third-order valence-corrected chi connectivity index (χ3v) is 6.50. The van der Waals surface area contributed by atoms with Crippen molar-refractivity contribution < 1.29 is 17.9 Å². The Hall–Kier alpha value is -3.32. The molecule has 162 valence electrons. The topological polar surface area (TPSA) is 84.5 Å². The largest absolute Gasteiger partial charge is 0.497 e. The van der Waals surface area contributed by atoms with Crippen LogP contribution in [0, 0.1) is 13.8 Å². The lowest BCUT2D eigenvalue weighted by Gasteiger charge is -2.16. The van der Waals surface area contributed by atoms with E-state index in [4.69, 9.17) is 4.74 Å². The molecule has 3 aromatic rings. The Bertz CT molecular complexity index is 1190. The first-order chi connectivity index (χ1) is 14.7. The van der Waals surface area contributed by atoms with E-state index in [1.165, 1.54) is 6.07 Å². The van der Waals surface area contributed by atoms with Crippen LogP contribution in [0.3, 0.4) is 0 Å². The highest BCUT2D eigenvalue weighted by Crippen LogP contribution is 2.22. The summed E-state index contributed by atoms with van der Waals surface area (Å²) in [5.74, 6) is 0.382. The number of nitrogens with one attached hydrogen (secondary N) is 2. The summed E-state index contributed by atoms with van der Waals surface area (Å²) in [6.45, 7) is 5.45. The second kappa shape index (κ2) is 9.22. The van der Waals surface area contributed by atoms with Crippen LogP contribution < -0.4 is 14.8 Å². The van der Waals surface area contributed by atoms with Crippen LogP contribution in [0.2, 0.25) is 0 Å². The fourth-order valence-electron chi connectivity index (χ4n) is 3.21. The molecule has 0 bridgehead atoms. The molecule has 0 spiro atoms. The first kappa shape index (κ1) is 22.4. The number of rotatable bonds is 7. The molecule has 7 heteroatoms. The van der Waals surface area contributed by atoms with E-state index in [0.717, 1.165) is 16.9 Å². The van der Waals surface area contributed by atoms with Crippen molar-refractivity contribution in [1.82, 2.24) is 5.32 Å². The smallest absolute Gasteiger partial charge is 0.262 e. The number of carbonyl (C=O) groups is 1. The molecule has 3 aromatic carbocycles. The number of amides is 1. The Morgan fingerprint density at radius 3 is 2.32 bits per heavy atom. The summed E-state index contributed by atoms with van der Waals surface area (Å²) in [6.07, 6.45) is 0. The highest BCUT2D eigenvalue weighted by atomic mass is 32.2. The van der Waals surface area contributed by atoms with E-state index in [9.17, 15) is 13.2 Å². The van der Waals surface area contributed by atoms with E-state index >= 15 is 0 Å². The van der Waals surface area contributed by atoms with Gasteiger partial charge in [-0.15, -0.1) is 0 Å². The summed E-state index contributed by atoms with van der Waals surface area (Å²) in [6, 6.07) is 18.9. The predicted molar refractivity (Wildman–Crippen MR) is 122 cm³/mol. The van der Waals surface area contributed by atoms with Crippen LogP contribution in [-0.4, -0.2) is 21.4 Å². The van der Waals surface area contributed by atoms with Gasteiger partial charge in [-0.1, -0.05) is 30.3 Å². The third kappa shape index (κ3) is 5.44. The second-order valence-electron chi connectivity index (χ2n) is 7.42. The van der Waals surface area contributed by atoms with Gasteiger partial charge < -0.3 is 10.1 Å². The van der Waals surface area contributed by atoms with Crippen LogP contribution in [0.15, 0.2) is 71.6 Å². The van der Waals surface area contributed by atoms with Crippen LogP contribution in [0.5, 0.6) is 5.75 Å². The van der Waals surface area contributed by atoms with Crippen LogP contribution >= 0.6 is 0 Å². The Balaban J connectivity index is 1.81. The van der Waals surface area contributed by atoms with Gasteiger partial charge in [0, 0.05) is 11.3 Å². The van der Waals surface area contributed by atoms with E-state index in [0.29, 0.717) is 11.3 Å². The fourth-order valence-corrected chi connectivity index (χ4v) is 4.53. The van der Waals surface area contributed by atoms with Gasteiger partial charge in [0.2, 0.25) is 0 Å². The van der Waals surface area contributed by atoms with Gasteiger partial charge in [0.15, 0.2) is 0 Å². The molecular formula is C24H26N2O4S. The van der Waals surface area contributed by atoms with Gasteiger partial charge in [-0.25, -0.2) is 8.42 Å². The lowest BCUT2D eigenvalue weighted by Crippen LogP contribution is -2.27. The molecule has 3 rings (SSSR count). The zero-order valence-corrected chi connectivity index (χ0v) is 18.8. The highest BCUT2D eigenvalue weighted by Gasteiger charge is 2.20. The molecule has 0 aromatic heterocycles. The Morgan fingerprint density at radius 2 is 1.68 bits per heavy atom. The van der Waals surface area contributed by atoms with Crippen molar-refractivity contribution in [3.63, 3.8) is 0 Å². The molecule has 0 saturated heterocycles. The Morgan fingerprint density at radius 1 is 0.968 bits per heavy atom. The Kier molecular flexibility index (Phi) is 6.65. The minimum absolute atomic E-state index is 0.0683. The van der Waals surface area contributed by atoms with E-state index < -0.39 is 10.0 Å². The maximum Gasteiger partial charge on any atom is 0.262 e. The van der Waals surface area contributed by atoms with Crippen molar-refractivity contribution in [2.45, 2.75) is 31.7 Å². The molecule has 6 nitrogen and oxygen atoms in total. The van der Waals surface area contributed by atoms with Gasteiger partial charge in [0.25, 0.3) is 15.9 Å². The summed E-state index contributed by atoms with van der Waals surface area (Å²) in [5, 5.41) is 2.91. The lowest BCUT2D eigenvalue weighted by atomic mass is 10.1. The first-order valence-electron chi connectivity index (χ1n) is 9.84. The zero-order chi connectivity index (χ0) is 22.6. The van der Waals surface area contributed by atoms with Crippen molar-refractivity contribution in [2.75, 3.05) is 11.8 Å². The van der Waals surface area contributed by atoms with E-state index in [1.807, 2.05) is 44.2 Å². The van der Waals surface area contributed by atoms with Gasteiger partial charge >= 0.3 is 0 Å². The molecule has 0 aliphatic heterocycles. The van der Waals surface area contributed by atoms with E-state index in [1.54, 1.807) is 44.4 Å². The number of aryl methyl sites for hydroxylation is 2. The summed E-state index contributed by atoms with van der Waals surface area (Å²) >= 11 is 0. The minimum atomic E-state index is -3.85. The number of hydrogen-bond donors (Lipinski definition) is 2. The number of benzene rings is 3. The minimum Gasteiger partial charge on any atom is -0.497 e. The van der Waals surface area contributed by atoms with Crippen molar-refractivity contribution in [3.05, 3.63) is 89.0 Å². The molecule has 2 N–H and O–H groups in total. The molecule has 31 heavy (non-hydrogen) atoms. The van der Waals surface area contributed by atoms with Crippen molar-refractivity contribution in [2.24, 2.45) is 0 Å². The van der Waals surface area contributed by atoms with Gasteiger partial charge in [-0.2, -0.15) is 0 Å². The predicted octanol–water partition coefficient (Wildman–Crippen LogP) is 4.60. The zero-order valence-electron chi connectivity index (χ0n) is 18.0. The number of carbonyl (C=O) groups excluding carboxylic acids is 1. The van der Waals surface area contributed by atoms with Gasteiger partial charge in [0.05, 0.1) is 18.0 Å². The molecule has 0 fully saturated rings.